The minimum Gasteiger partial charge on any atom is -0.378 e. The van der Waals surface area contributed by atoms with Crippen LogP contribution in [0.15, 0.2) is 12.1 Å². The highest BCUT2D eigenvalue weighted by Gasteiger charge is 2.19. The second-order valence-corrected chi connectivity index (χ2v) is 4.20. The molecule has 1 amide bonds. The molecule has 1 heterocycles. The molecule has 0 radical (unpaired) electrons. The highest BCUT2D eigenvalue weighted by Crippen LogP contribution is 2.19. The first kappa shape index (κ1) is 13.8. The lowest BCUT2D eigenvalue weighted by atomic mass is 10.2. The SMILES string of the molecule is O=C(CC1COCCN1)Nc1ccc(F)c(F)c1F. The van der Waals surface area contributed by atoms with Gasteiger partial charge >= 0.3 is 0 Å². The Bertz CT molecular complexity index is 476. The molecule has 1 aromatic carbocycles. The third kappa shape index (κ3) is 3.45. The first-order valence-electron chi connectivity index (χ1n) is 5.82. The van der Waals surface area contributed by atoms with Crippen molar-refractivity contribution in [1.29, 1.82) is 0 Å². The van der Waals surface area contributed by atoms with Crippen LogP contribution in [0.25, 0.3) is 0 Å². The van der Waals surface area contributed by atoms with Crippen LogP contribution in [0.2, 0.25) is 0 Å². The van der Waals surface area contributed by atoms with Gasteiger partial charge in [-0.05, 0) is 12.1 Å². The number of benzene rings is 1. The Morgan fingerprint density at radius 2 is 2.16 bits per heavy atom. The zero-order valence-corrected chi connectivity index (χ0v) is 10.0. The minimum absolute atomic E-state index is 0.0679. The Morgan fingerprint density at radius 1 is 1.37 bits per heavy atom. The number of carbonyl (C=O) groups is 1. The number of nitrogens with one attached hydrogen (secondary N) is 2. The number of morpholine rings is 1. The van der Waals surface area contributed by atoms with E-state index < -0.39 is 23.4 Å². The van der Waals surface area contributed by atoms with Gasteiger partial charge in [-0.2, -0.15) is 0 Å². The third-order valence-corrected chi connectivity index (χ3v) is 2.74. The molecule has 0 spiro atoms. The predicted molar refractivity (Wildman–Crippen MR) is 62.2 cm³/mol. The molecule has 7 heteroatoms. The van der Waals surface area contributed by atoms with Gasteiger partial charge in [0.2, 0.25) is 5.91 Å². The Hall–Kier alpha value is -1.60. The van der Waals surface area contributed by atoms with Crippen LogP contribution in [-0.2, 0) is 9.53 Å². The summed E-state index contributed by atoms with van der Waals surface area (Å²) < 4.78 is 44.2. The quantitative estimate of drug-likeness (QED) is 0.820. The fraction of sp³-hybridized carbons (Fsp3) is 0.417. The largest absolute Gasteiger partial charge is 0.378 e. The molecule has 0 aromatic heterocycles. The van der Waals surface area contributed by atoms with Crippen LogP contribution in [0.3, 0.4) is 0 Å². The van der Waals surface area contributed by atoms with Gasteiger partial charge in [-0.3, -0.25) is 4.79 Å². The maximum absolute atomic E-state index is 13.3. The summed E-state index contributed by atoms with van der Waals surface area (Å²) in [7, 11) is 0. The van der Waals surface area contributed by atoms with Gasteiger partial charge in [-0.15, -0.1) is 0 Å². The van der Waals surface area contributed by atoms with Gasteiger partial charge in [0.05, 0.1) is 18.9 Å². The summed E-state index contributed by atoms with van der Waals surface area (Å²) >= 11 is 0. The molecule has 2 N–H and O–H groups in total. The van der Waals surface area contributed by atoms with Crippen LogP contribution < -0.4 is 10.6 Å². The second-order valence-electron chi connectivity index (χ2n) is 4.20. The summed E-state index contributed by atoms with van der Waals surface area (Å²) in [6.45, 7) is 1.60. The summed E-state index contributed by atoms with van der Waals surface area (Å²) in [6.07, 6.45) is 0.0679. The van der Waals surface area contributed by atoms with E-state index in [0.717, 1.165) is 12.1 Å². The van der Waals surface area contributed by atoms with Crippen molar-refractivity contribution < 1.29 is 22.7 Å². The molecule has 4 nitrogen and oxygen atoms in total. The number of halogens is 3. The standard InChI is InChI=1S/C12H13F3N2O2/c13-8-1-2-9(12(15)11(8)14)17-10(18)5-7-6-19-4-3-16-7/h1-2,7,16H,3-6H2,(H,17,18). The molecule has 2 rings (SSSR count). The zero-order chi connectivity index (χ0) is 13.8. The normalized spacial score (nSPS) is 19.2. The van der Waals surface area contributed by atoms with Crippen molar-refractivity contribution in [3.05, 3.63) is 29.6 Å². The number of amides is 1. The molecule has 19 heavy (non-hydrogen) atoms. The lowest BCUT2D eigenvalue weighted by molar-refractivity contribution is -0.117. The van der Waals surface area contributed by atoms with Crippen molar-refractivity contribution in [1.82, 2.24) is 5.32 Å². The van der Waals surface area contributed by atoms with E-state index in [1.54, 1.807) is 0 Å². The Kier molecular flexibility index (Phi) is 4.39. The average molecular weight is 274 g/mol. The lowest BCUT2D eigenvalue weighted by Crippen LogP contribution is -2.43. The van der Waals surface area contributed by atoms with Crippen LogP contribution in [0.4, 0.5) is 18.9 Å². The molecular weight excluding hydrogens is 261 g/mol. The number of hydrogen-bond donors (Lipinski definition) is 2. The van der Waals surface area contributed by atoms with Crippen LogP contribution in [0.1, 0.15) is 6.42 Å². The number of hydrogen-bond acceptors (Lipinski definition) is 3. The second kappa shape index (κ2) is 6.03. The molecule has 1 aliphatic heterocycles. The molecule has 104 valence electrons. The van der Waals surface area contributed by atoms with Gasteiger partial charge in [0.25, 0.3) is 0 Å². The van der Waals surface area contributed by atoms with E-state index in [0.29, 0.717) is 19.8 Å². The van der Waals surface area contributed by atoms with Crippen LogP contribution in [0.5, 0.6) is 0 Å². The van der Waals surface area contributed by atoms with Gasteiger partial charge in [0.1, 0.15) is 0 Å². The Morgan fingerprint density at radius 3 is 2.84 bits per heavy atom. The first-order valence-corrected chi connectivity index (χ1v) is 5.82. The number of ether oxygens (including phenoxy) is 1. The van der Waals surface area contributed by atoms with Crippen LogP contribution in [0, 0.1) is 17.5 Å². The monoisotopic (exact) mass is 274 g/mol. The number of anilines is 1. The Labute approximate surface area is 107 Å². The van der Waals surface area contributed by atoms with Crippen LogP contribution >= 0.6 is 0 Å². The van der Waals surface area contributed by atoms with E-state index in [2.05, 4.69) is 10.6 Å². The van der Waals surface area contributed by atoms with E-state index >= 15 is 0 Å². The number of rotatable bonds is 3. The van der Waals surface area contributed by atoms with E-state index in [9.17, 15) is 18.0 Å². The van der Waals surface area contributed by atoms with Gasteiger partial charge in [-0.25, -0.2) is 13.2 Å². The van der Waals surface area contributed by atoms with E-state index in [-0.39, 0.29) is 18.2 Å². The fourth-order valence-corrected chi connectivity index (χ4v) is 1.80. The van der Waals surface area contributed by atoms with E-state index in [1.165, 1.54) is 0 Å². The summed E-state index contributed by atoms with van der Waals surface area (Å²) in [5, 5.41) is 5.27. The summed E-state index contributed by atoms with van der Waals surface area (Å²) in [4.78, 5) is 11.6. The molecule has 1 fully saturated rings. The lowest BCUT2D eigenvalue weighted by Gasteiger charge is -2.23. The minimum atomic E-state index is -1.60. The zero-order valence-electron chi connectivity index (χ0n) is 10.0. The van der Waals surface area contributed by atoms with Crippen LogP contribution in [-0.4, -0.2) is 31.7 Å². The topological polar surface area (TPSA) is 50.4 Å². The molecule has 1 aromatic rings. The molecule has 0 aliphatic carbocycles. The molecular formula is C12H13F3N2O2. The molecule has 1 aliphatic rings. The Balaban J connectivity index is 1.97. The van der Waals surface area contributed by atoms with Gasteiger partial charge in [0, 0.05) is 19.0 Å². The third-order valence-electron chi connectivity index (χ3n) is 2.74. The number of carbonyl (C=O) groups excluding carboxylic acids is 1. The van der Waals surface area contributed by atoms with Crippen molar-refractivity contribution in [2.75, 3.05) is 25.1 Å². The highest BCUT2D eigenvalue weighted by atomic mass is 19.2. The molecule has 1 saturated heterocycles. The summed E-state index contributed by atoms with van der Waals surface area (Å²) in [6, 6.07) is 1.58. The van der Waals surface area contributed by atoms with Crippen molar-refractivity contribution in [2.24, 2.45) is 0 Å². The maximum atomic E-state index is 13.3. The fourth-order valence-electron chi connectivity index (χ4n) is 1.80. The summed E-state index contributed by atoms with van der Waals surface area (Å²) in [5.41, 5.74) is -0.374. The van der Waals surface area contributed by atoms with Crippen molar-refractivity contribution in [2.45, 2.75) is 12.5 Å². The molecule has 1 unspecified atom stereocenters. The predicted octanol–water partition coefficient (Wildman–Crippen LogP) is 1.42. The highest BCUT2D eigenvalue weighted by molar-refractivity contribution is 5.91. The van der Waals surface area contributed by atoms with Gasteiger partial charge in [0.15, 0.2) is 17.5 Å². The average Bonchev–Trinajstić information content (AvgIpc) is 2.41. The molecule has 0 saturated carbocycles. The van der Waals surface area contributed by atoms with Crippen molar-refractivity contribution in [3.8, 4) is 0 Å². The van der Waals surface area contributed by atoms with Crippen molar-refractivity contribution >= 4 is 11.6 Å². The van der Waals surface area contributed by atoms with E-state index in [4.69, 9.17) is 4.74 Å². The molecule has 1 atom stereocenters. The van der Waals surface area contributed by atoms with E-state index in [1.807, 2.05) is 0 Å². The smallest absolute Gasteiger partial charge is 0.226 e. The summed E-state index contributed by atoms with van der Waals surface area (Å²) in [5.74, 6) is -4.79. The molecule has 0 bridgehead atoms. The maximum Gasteiger partial charge on any atom is 0.226 e. The van der Waals surface area contributed by atoms with Gasteiger partial charge in [-0.1, -0.05) is 0 Å². The van der Waals surface area contributed by atoms with Crippen molar-refractivity contribution in [3.63, 3.8) is 0 Å². The first-order chi connectivity index (χ1) is 9.08. The van der Waals surface area contributed by atoms with Gasteiger partial charge < -0.3 is 15.4 Å².